The number of carbonyl (C=O) groups excluding carboxylic acids is 1. The molecule has 0 spiro atoms. The van der Waals surface area contributed by atoms with Crippen LogP contribution in [0.15, 0.2) is 32.8 Å². The topological polar surface area (TPSA) is 77.2 Å². The van der Waals surface area contributed by atoms with E-state index in [1.165, 1.54) is 0 Å². The maximum Gasteiger partial charge on any atom is 0.227 e. The van der Waals surface area contributed by atoms with Crippen molar-refractivity contribution in [1.29, 1.82) is 0 Å². The van der Waals surface area contributed by atoms with Gasteiger partial charge in [-0.25, -0.2) is 4.98 Å². The number of ether oxygens (including phenoxy) is 1. The number of thiazole rings is 1. The molecule has 0 fully saturated rings. The molecule has 1 aromatic heterocycles. The molecule has 0 radical (unpaired) electrons. The highest BCUT2D eigenvalue weighted by Crippen LogP contribution is 2.32. The molecule has 132 valence electrons. The van der Waals surface area contributed by atoms with Crippen LogP contribution in [0.5, 0.6) is 0 Å². The first-order chi connectivity index (χ1) is 11.0. The van der Waals surface area contributed by atoms with Gasteiger partial charge in [-0.3, -0.25) is 4.79 Å². The number of aromatic nitrogens is 1. The molecule has 2 aromatic rings. The van der Waals surface area contributed by atoms with Crippen LogP contribution in [0.1, 0.15) is 17.7 Å². The van der Waals surface area contributed by atoms with E-state index in [9.17, 15) is 4.79 Å². The van der Waals surface area contributed by atoms with Crippen LogP contribution in [0.25, 0.3) is 0 Å². The van der Waals surface area contributed by atoms with Crippen molar-refractivity contribution >= 4 is 47.1 Å². The number of aryl methyl sites for hydroxylation is 2. The van der Waals surface area contributed by atoms with Gasteiger partial charge in [-0.1, -0.05) is 11.8 Å². The van der Waals surface area contributed by atoms with Gasteiger partial charge in [-0.05, 0) is 37.6 Å². The number of carbonyl (C=O) groups is 1. The molecule has 1 unspecified atom stereocenters. The number of anilines is 1. The van der Waals surface area contributed by atoms with Gasteiger partial charge in [0.15, 0.2) is 4.34 Å². The number of hydrogen-bond donors (Lipinski definition) is 2. The molecular weight excluding hydrogens is 366 g/mol. The summed E-state index contributed by atoms with van der Waals surface area (Å²) in [5.41, 5.74) is 8.39. The first-order valence-corrected chi connectivity index (χ1v) is 8.94. The minimum atomic E-state index is -0.252. The second kappa shape index (κ2) is 10.0. The fourth-order valence-corrected chi connectivity index (χ4v) is 3.90. The molecule has 1 heterocycles. The lowest BCUT2D eigenvalue weighted by Crippen LogP contribution is -2.28. The number of nitrogens with one attached hydrogen (secondary N) is 1. The highest BCUT2D eigenvalue weighted by atomic mass is 35.5. The number of nitrogens with zero attached hydrogens (tertiary/aromatic N) is 1. The van der Waals surface area contributed by atoms with Crippen LogP contribution in [0.3, 0.4) is 0 Å². The second-order valence-electron chi connectivity index (χ2n) is 5.18. The molecular formula is C16H22ClN3O2S2. The van der Waals surface area contributed by atoms with E-state index in [0.29, 0.717) is 6.54 Å². The Morgan fingerprint density at radius 1 is 1.46 bits per heavy atom. The zero-order chi connectivity index (χ0) is 16.8. The monoisotopic (exact) mass is 387 g/mol. The average molecular weight is 388 g/mol. The number of nitrogens with two attached hydrogens (primary N) is 1. The fourth-order valence-electron chi connectivity index (χ4n) is 1.99. The molecule has 5 nitrogen and oxygen atoms in total. The summed E-state index contributed by atoms with van der Waals surface area (Å²) in [6.07, 6.45) is -0.000272. The number of halogens is 1. The molecule has 1 amide bonds. The molecule has 3 N–H and O–H groups in total. The molecule has 0 bridgehead atoms. The van der Waals surface area contributed by atoms with Gasteiger partial charge < -0.3 is 15.8 Å². The van der Waals surface area contributed by atoms with Crippen LogP contribution in [0, 0.1) is 13.8 Å². The molecule has 0 aliphatic rings. The number of benzene rings is 1. The Kier molecular flexibility index (Phi) is 8.72. The SMILES string of the molecule is COC(CN)CC(=O)Nc1ccc(Sc2nc(C)cs2)cc1C.Cl. The largest absolute Gasteiger partial charge is 0.380 e. The summed E-state index contributed by atoms with van der Waals surface area (Å²) in [7, 11) is 1.56. The van der Waals surface area contributed by atoms with Gasteiger partial charge in [-0.2, -0.15) is 0 Å². The molecule has 0 aliphatic heterocycles. The summed E-state index contributed by atoms with van der Waals surface area (Å²) in [4.78, 5) is 17.6. The van der Waals surface area contributed by atoms with Gasteiger partial charge >= 0.3 is 0 Å². The van der Waals surface area contributed by atoms with Crippen LogP contribution < -0.4 is 11.1 Å². The number of hydrogen-bond acceptors (Lipinski definition) is 6. The van der Waals surface area contributed by atoms with Crippen LogP contribution in [0.2, 0.25) is 0 Å². The number of methoxy groups -OCH3 is 1. The third-order valence-corrected chi connectivity index (χ3v) is 5.33. The van der Waals surface area contributed by atoms with Crippen molar-refractivity contribution in [2.45, 2.75) is 35.6 Å². The average Bonchev–Trinajstić information content (AvgIpc) is 2.92. The highest BCUT2D eigenvalue weighted by Gasteiger charge is 2.13. The van der Waals surface area contributed by atoms with Crippen LogP contribution in [-0.4, -0.2) is 30.6 Å². The molecule has 8 heteroatoms. The molecule has 0 saturated heterocycles. The summed E-state index contributed by atoms with van der Waals surface area (Å²) in [6, 6.07) is 5.95. The lowest BCUT2D eigenvalue weighted by atomic mass is 10.2. The minimum Gasteiger partial charge on any atom is -0.380 e. The maximum absolute atomic E-state index is 12.0. The predicted molar refractivity (Wildman–Crippen MR) is 102 cm³/mol. The van der Waals surface area contributed by atoms with Gasteiger partial charge in [0, 0.05) is 35.3 Å². The highest BCUT2D eigenvalue weighted by molar-refractivity contribution is 8.01. The molecule has 24 heavy (non-hydrogen) atoms. The Morgan fingerprint density at radius 2 is 2.21 bits per heavy atom. The number of rotatable bonds is 7. The van der Waals surface area contributed by atoms with Crippen molar-refractivity contribution in [1.82, 2.24) is 4.98 Å². The quantitative estimate of drug-likeness (QED) is 0.758. The zero-order valence-electron chi connectivity index (χ0n) is 13.9. The molecule has 0 saturated carbocycles. The second-order valence-corrected chi connectivity index (χ2v) is 7.36. The smallest absolute Gasteiger partial charge is 0.227 e. The minimum absolute atomic E-state index is 0. The van der Waals surface area contributed by atoms with E-state index in [1.54, 1.807) is 30.2 Å². The summed E-state index contributed by atoms with van der Waals surface area (Å²) in [5, 5.41) is 4.94. The third kappa shape index (κ3) is 6.07. The Hall–Kier alpha value is -1.12. The van der Waals surface area contributed by atoms with Gasteiger partial charge in [0.05, 0.1) is 12.5 Å². The van der Waals surface area contributed by atoms with Crippen LogP contribution >= 0.6 is 35.5 Å². The van der Waals surface area contributed by atoms with E-state index in [-0.39, 0.29) is 30.8 Å². The standard InChI is InChI=1S/C16H21N3O2S2.ClH/c1-10-6-13(23-16-18-11(2)9-22-16)4-5-14(10)19-15(20)7-12(8-17)21-3;/h4-6,9,12H,7-8,17H2,1-3H3,(H,19,20);1H. The van der Waals surface area contributed by atoms with E-state index < -0.39 is 0 Å². The Balaban J connectivity index is 0.00000288. The fraction of sp³-hybridized carbons (Fsp3) is 0.375. The van der Waals surface area contributed by atoms with Gasteiger partial charge in [0.1, 0.15) is 0 Å². The molecule has 1 atom stereocenters. The maximum atomic E-state index is 12.0. The first-order valence-electron chi connectivity index (χ1n) is 7.25. The number of amides is 1. The van der Waals surface area contributed by atoms with Crippen molar-refractivity contribution in [2.24, 2.45) is 5.73 Å². The molecule has 2 rings (SSSR count). The zero-order valence-corrected chi connectivity index (χ0v) is 16.3. The van der Waals surface area contributed by atoms with E-state index in [4.69, 9.17) is 10.5 Å². The first kappa shape index (κ1) is 20.9. The normalized spacial score (nSPS) is 11.7. The summed E-state index contributed by atoms with van der Waals surface area (Å²) in [5.74, 6) is -0.0960. The van der Waals surface area contributed by atoms with Crippen LogP contribution in [0.4, 0.5) is 5.69 Å². The lowest BCUT2D eigenvalue weighted by molar-refractivity contribution is -0.118. The van der Waals surface area contributed by atoms with Crippen molar-refractivity contribution in [3.8, 4) is 0 Å². The van der Waals surface area contributed by atoms with Crippen molar-refractivity contribution in [2.75, 3.05) is 19.0 Å². The van der Waals surface area contributed by atoms with Gasteiger partial charge in [-0.15, -0.1) is 23.7 Å². The summed E-state index contributed by atoms with van der Waals surface area (Å²) < 4.78 is 6.15. The Labute approximate surface area is 156 Å². The lowest BCUT2D eigenvalue weighted by Gasteiger charge is -2.14. The predicted octanol–water partition coefficient (Wildman–Crippen LogP) is 3.64. The molecule has 0 aliphatic carbocycles. The van der Waals surface area contributed by atoms with Crippen molar-refractivity contribution < 1.29 is 9.53 Å². The van der Waals surface area contributed by atoms with E-state index in [2.05, 4.69) is 10.3 Å². The molecule has 1 aromatic carbocycles. The van der Waals surface area contributed by atoms with Gasteiger partial charge in [0.25, 0.3) is 0 Å². The van der Waals surface area contributed by atoms with Crippen LogP contribution in [-0.2, 0) is 9.53 Å². The summed E-state index contributed by atoms with van der Waals surface area (Å²) >= 11 is 3.26. The van der Waals surface area contributed by atoms with E-state index >= 15 is 0 Å². The van der Waals surface area contributed by atoms with Gasteiger partial charge in [0.2, 0.25) is 5.91 Å². The third-order valence-electron chi connectivity index (χ3n) is 3.28. The Bertz CT molecular complexity index is 675. The summed E-state index contributed by atoms with van der Waals surface area (Å²) in [6.45, 7) is 4.29. The Morgan fingerprint density at radius 3 is 2.75 bits per heavy atom. The van der Waals surface area contributed by atoms with Crippen molar-refractivity contribution in [3.05, 3.63) is 34.8 Å². The van der Waals surface area contributed by atoms with Crippen molar-refractivity contribution in [3.63, 3.8) is 0 Å². The van der Waals surface area contributed by atoms with E-state index in [0.717, 1.165) is 26.2 Å². The van der Waals surface area contributed by atoms with E-state index in [1.807, 2.05) is 37.4 Å².